The lowest BCUT2D eigenvalue weighted by Gasteiger charge is -2.14. The highest BCUT2D eigenvalue weighted by Crippen LogP contribution is 2.29. The zero-order valence-electron chi connectivity index (χ0n) is 14.2. The molecule has 4 nitrogen and oxygen atoms in total. The molecule has 0 unspecified atom stereocenters. The Balaban J connectivity index is 1.67. The third kappa shape index (κ3) is 4.56. The summed E-state index contributed by atoms with van der Waals surface area (Å²) in [5, 5.41) is 3.83. The monoisotopic (exact) mass is 387 g/mol. The van der Waals surface area contributed by atoms with Crippen LogP contribution in [0.4, 0.5) is 0 Å². The van der Waals surface area contributed by atoms with Crippen LogP contribution in [-0.4, -0.2) is 12.1 Å². The van der Waals surface area contributed by atoms with Crippen LogP contribution in [0.5, 0.6) is 11.5 Å². The van der Waals surface area contributed by atoms with Crippen LogP contribution in [0.15, 0.2) is 65.3 Å². The fourth-order valence-electron chi connectivity index (χ4n) is 2.38. The van der Waals surface area contributed by atoms with Crippen molar-refractivity contribution in [2.75, 3.05) is 7.11 Å². The predicted molar refractivity (Wildman–Crippen MR) is 106 cm³/mol. The molecular weight excluding hydrogens is 370 g/mol. The number of furan rings is 1. The quantitative estimate of drug-likeness (QED) is 0.579. The normalized spacial score (nSPS) is 10.4. The highest BCUT2D eigenvalue weighted by atomic mass is 35.5. The molecule has 134 valence electrons. The molecule has 0 bridgehead atoms. The Kier molecular flexibility index (Phi) is 6.15. The maximum atomic E-state index is 6.16. The van der Waals surface area contributed by atoms with E-state index in [0.717, 1.165) is 16.9 Å². The molecule has 0 radical (unpaired) electrons. The lowest BCUT2D eigenvalue weighted by atomic mass is 10.2. The molecule has 0 atom stereocenters. The second kappa shape index (κ2) is 8.74. The zero-order chi connectivity index (χ0) is 18.4. The summed E-state index contributed by atoms with van der Waals surface area (Å²) in [5.41, 5.74) is 1.75. The molecule has 2 aromatic carbocycles. The van der Waals surface area contributed by atoms with Gasteiger partial charge in [0.1, 0.15) is 17.4 Å². The summed E-state index contributed by atoms with van der Waals surface area (Å²) in [4.78, 5) is 0.609. The van der Waals surface area contributed by atoms with Gasteiger partial charge < -0.3 is 19.2 Å². The molecule has 0 aliphatic rings. The van der Waals surface area contributed by atoms with E-state index in [1.54, 1.807) is 13.4 Å². The Hall–Kier alpha value is -2.50. The molecule has 0 spiro atoms. The van der Waals surface area contributed by atoms with Crippen LogP contribution in [0, 0.1) is 0 Å². The smallest absolute Gasteiger partial charge is 0.161 e. The number of thiocarbonyl (C=S) groups is 1. The SMILES string of the molecule is COc1cc(C(=S)NCc2ccco2)ccc1OCc1ccccc1Cl. The topological polar surface area (TPSA) is 43.6 Å². The van der Waals surface area contributed by atoms with Crippen molar-refractivity contribution < 1.29 is 13.9 Å². The van der Waals surface area contributed by atoms with Crippen molar-refractivity contribution in [1.82, 2.24) is 5.32 Å². The van der Waals surface area contributed by atoms with Gasteiger partial charge in [-0.2, -0.15) is 0 Å². The molecule has 0 saturated heterocycles. The van der Waals surface area contributed by atoms with E-state index >= 15 is 0 Å². The number of halogens is 1. The summed E-state index contributed by atoms with van der Waals surface area (Å²) < 4.78 is 16.6. The van der Waals surface area contributed by atoms with Crippen LogP contribution >= 0.6 is 23.8 Å². The first-order valence-electron chi connectivity index (χ1n) is 8.02. The van der Waals surface area contributed by atoms with E-state index in [1.165, 1.54) is 0 Å². The molecule has 1 N–H and O–H groups in total. The first kappa shape index (κ1) is 18.3. The Morgan fingerprint density at radius 2 is 1.96 bits per heavy atom. The highest BCUT2D eigenvalue weighted by Gasteiger charge is 2.10. The molecule has 26 heavy (non-hydrogen) atoms. The average molecular weight is 388 g/mol. The van der Waals surface area contributed by atoms with Crippen molar-refractivity contribution in [1.29, 1.82) is 0 Å². The number of hydrogen-bond donors (Lipinski definition) is 1. The minimum atomic E-state index is 0.358. The minimum absolute atomic E-state index is 0.358. The number of benzene rings is 2. The van der Waals surface area contributed by atoms with Crippen LogP contribution in [0.25, 0.3) is 0 Å². The number of rotatable bonds is 7. The van der Waals surface area contributed by atoms with Gasteiger partial charge in [-0.15, -0.1) is 0 Å². The van der Waals surface area contributed by atoms with Crippen molar-refractivity contribution in [3.63, 3.8) is 0 Å². The van der Waals surface area contributed by atoms with Gasteiger partial charge in [0.2, 0.25) is 0 Å². The Bertz CT molecular complexity index is 881. The first-order chi connectivity index (χ1) is 12.7. The molecular formula is C20H18ClNO3S. The van der Waals surface area contributed by atoms with Crippen molar-refractivity contribution in [2.24, 2.45) is 0 Å². The van der Waals surface area contributed by atoms with Crippen LogP contribution in [0.1, 0.15) is 16.9 Å². The van der Waals surface area contributed by atoms with Gasteiger partial charge >= 0.3 is 0 Å². The lowest BCUT2D eigenvalue weighted by Crippen LogP contribution is -2.21. The van der Waals surface area contributed by atoms with E-state index in [0.29, 0.717) is 34.7 Å². The van der Waals surface area contributed by atoms with Crippen molar-refractivity contribution in [3.8, 4) is 11.5 Å². The molecule has 3 aromatic rings. The lowest BCUT2D eigenvalue weighted by molar-refractivity contribution is 0.284. The second-order valence-electron chi connectivity index (χ2n) is 5.51. The van der Waals surface area contributed by atoms with E-state index in [1.807, 2.05) is 54.6 Å². The van der Waals surface area contributed by atoms with Gasteiger partial charge in [-0.3, -0.25) is 0 Å². The van der Waals surface area contributed by atoms with Crippen LogP contribution in [-0.2, 0) is 13.2 Å². The largest absolute Gasteiger partial charge is 0.493 e. The summed E-state index contributed by atoms with van der Waals surface area (Å²) >= 11 is 11.6. The van der Waals surface area contributed by atoms with Gasteiger partial charge in [0.15, 0.2) is 11.5 Å². The molecule has 3 rings (SSSR count). The first-order valence-corrected chi connectivity index (χ1v) is 8.81. The van der Waals surface area contributed by atoms with Crippen LogP contribution in [0.2, 0.25) is 5.02 Å². The second-order valence-corrected chi connectivity index (χ2v) is 6.32. The molecule has 0 fully saturated rings. The molecule has 1 aromatic heterocycles. The number of methoxy groups -OCH3 is 1. The van der Waals surface area contributed by atoms with Gasteiger partial charge in [0, 0.05) is 16.1 Å². The molecule has 0 aliphatic carbocycles. The standard InChI is InChI=1S/C20H18ClNO3S/c1-23-19-11-14(20(26)22-12-16-6-4-10-24-16)8-9-18(19)25-13-15-5-2-3-7-17(15)21/h2-11H,12-13H2,1H3,(H,22,26). The maximum Gasteiger partial charge on any atom is 0.161 e. The van der Waals surface area contributed by atoms with E-state index in [4.69, 9.17) is 37.7 Å². The molecule has 0 amide bonds. The Morgan fingerprint density at radius 1 is 1.12 bits per heavy atom. The van der Waals surface area contributed by atoms with E-state index in [2.05, 4.69) is 5.32 Å². The van der Waals surface area contributed by atoms with Crippen molar-refractivity contribution in [3.05, 3.63) is 82.8 Å². The van der Waals surface area contributed by atoms with Gasteiger partial charge in [-0.05, 0) is 36.4 Å². The summed E-state index contributed by atoms with van der Waals surface area (Å²) in [6.45, 7) is 0.884. The van der Waals surface area contributed by atoms with E-state index < -0.39 is 0 Å². The van der Waals surface area contributed by atoms with Crippen LogP contribution in [0.3, 0.4) is 0 Å². The average Bonchev–Trinajstić information content (AvgIpc) is 3.19. The fraction of sp³-hybridized carbons (Fsp3) is 0.150. The van der Waals surface area contributed by atoms with E-state index in [-0.39, 0.29) is 0 Å². The molecule has 6 heteroatoms. The number of hydrogen-bond acceptors (Lipinski definition) is 4. The third-order valence-corrected chi connectivity index (χ3v) is 4.52. The van der Waals surface area contributed by atoms with Gasteiger partial charge in [-0.25, -0.2) is 0 Å². The van der Waals surface area contributed by atoms with Crippen molar-refractivity contribution >= 4 is 28.8 Å². The Morgan fingerprint density at radius 3 is 2.69 bits per heavy atom. The number of nitrogens with one attached hydrogen (secondary N) is 1. The summed E-state index contributed by atoms with van der Waals surface area (Å²) in [6, 6.07) is 16.9. The minimum Gasteiger partial charge on any atom is -0.493 e. The molecule has 0 saturated carbocycles. The van der Waals surface area contributed by atoms with E-state index in [9.17, 15) is 0 Å². The number of ether oxygens (including phenoxy) is 2. The maximum absolute atomic E-state index is 6.16. The summed E-state index contributed by atoms with van der Waals surface area (Å²) in [6.07, 6.45) is 1.63. The van der Waals surface area contributed by atoms with Gasteiger partial charge in [0.05, 0.1) is 19.9 Å². The molecule has 1 heterocycles. The fourth-order valence-corrected chi connectivity index (χ4v) is 2.77. The van der Waals surface area contributed by atoms with Gasteiger partial charge in [0.25, 0.3) is 0 Å². The molecule has 0 aliphatic heterocycles. The Labute approximate surface area is 162 Å². The predicted octanol–water partition coefficient (Wildman–Crippen LogP) is 4.99. The summed E-state index contributed by atoms with van der Waals surface area (Å²) in [7, 11) is 1.60. The third-order valence-electron chi connectivity index (χ3n) is 3.77. The summed E-state index contributed by atoms with van der Waals surface area (Å²) in [5.74, 6) is 2.06. The van der Waals surface area contributed by atoms with Crippen LogP contribution < -0.4 is 14.8 Å². The highest BCUT2D eigenvalue weighted by molar-refractivity contribution is 7.80. The van der Waals surface area contributed by atoms with Crippen molar-refractivity contribution in [2.45, 2.75) is 13.2 Å². The zero-order valence-corrected chi connectivity index (χ0v) is 15.8. The van der Waals surface area contributed by atoms with Gasteiger partial charge in [-0.1, -0.05) is 42.0 Å².